The lowest BCUT2D eigenvalue weighted by atomic mass is 9.90. The van der Waals surface area contributed by atoms with Gasteiger partial charge in [0.05, 0.1) is 17.5 Å². The third kappa shape index (κ3) is 3.71. The summed E-state index contributed by atoms with van der Waals surface area (Å²) in [5.41, 5.74) is 4.85. The number of hydrogen-bond acceptors (Lipinski definition) is 4. The predicted molar refractivity (Wildman–Crippen MR) is 135 cm³/mol. The largest absolute Gasteiger partial charge is 0.364 e. The van der Waals surface area contributed by atoms with Crippen LogP contribution in [0.5, 0.6) is 0 Å². The number of amides is 1. The smallest absolute Gasteiger partial charge is 0.266 e. The maximum Gasteiger partial charge on any atom is 0.266 e. The van der Waals surface area contributed by atoms with Gasteiger partial charge in [-0.15, -0.1) is 0 Å². The van der Waals surface area contributed by atoms with Gasteiger partial charge in [0.2, 0.25) is 0 Å². The lowest BCUT2D eigenvalue weighted by Crippen LogP contribution is -2.32. The topological polar surface area (TPSA) is 35.9 Å². The van der Waals surface area contributed by atoms with E-state index in [2.05, 4.69) is 66.5 Å². The normalized spacial score (nSPS) is 24.0. The summed E-state index contributed by atoms with van der Waals surface area (Å²) in [5, 5.41) is 0.784. The summed E-state index contributed by atoms with van der Waals surface area (Å²) in [7, 11) is 0. The number of fused-ring (bicyclic) bond motifs is 3. The Bertz CT molecular complexity index is 1150. The van der Waals surface area contributed by atoms with Crippen molar-refractivity contribution >= 4 is 34.6 Å². The number of aliphatic imine (C=N–C) groups is 1. The zero-order valence-corrected chi connectivity index (χ0v) is 19.3. The van der Waals surface area contributed by atoms with Gasteiger partial charge in [0.15, 0.2) is 5.17 Å². The highest BCUT2D eigenvalue weighted by Gasteiger charge is 2.36. The Kier molecular flexibility index (Phi) is 5.75. The molecule has 1 saturated heterocycles. The number of hydrogen-bond donors (Lipinski definition) is 0. The van der Waals surface area contributed by atoms with E-state index in [1.165, 1.54) is 23.0 Å². The van der Waals surface area contributed by atoms with E-state index in [9.17, 15) is 4.79 Å². The first-order valence-corrected chi connectivity index (χ1v) is 12.1. The molecule has 5 heteroatoms. The first-order valence-electron chi connectivity index (χ1n) is 11.2. The van der Waals surface area contributed by atoms with Crippen molar-refractivity contribution in [2.75, 3.05) is 18.0 Å². The number of nitrogens with zero attached hydrogens (tertiary/aromatic N) is 3. The Morgan fingerprint density at radius 2 is 1.84 bits per heavy atom. The number of thioether (sulfide) groups is 1. The molecule has 0 aromatic heterocycles. The molecule has 0 bridgehead atoms. The van der Waals surface area contributed by atoms with Crippen LogP contribution < -0.4 is 4.90 Å². The summed E-state index contributed by atoms with van der Waals surface area (Å²) in [6.45, 7) is 6.38. The van der Waals surface area contributed by atoms with E-state index in [-0.39, 0.29) is 5.91 Å². The molecule has 1 fully saturated rings. The van der Waals surface area contributed by atoms with Crippen LogP contribution in [-0.2, 0) is 11.3 Å². The Morgan fingerprint density at radius 1 is 1.03 bits per heavy atom. The number of rotatable bonds is 5. The van der Waals surface area contributed by atoms with E-state index < -0.39 is 0 Å². The van der Waals surface area contributed by atoms with Crippen LogP contribution in [-0.4, -0.2) is 35.1 Å². The molecule has 2 aromatic carbocycles. The van der Waals surface area contributed by atoms with Gasteiger partial charge in [-0.3, -0.25) is 14.7 Å². The van der Waals surface area contributed by atoms with E-state index in [1.54, 1.807) is 4.90 Å². The third-order valence-electron chi connectivity index (χ3n) is 6.27. The zero-order valence-electron chi connectivity index (χ0n) is 18.4. The van der Waals surface area contributed by atoms with Crippen molar-refractivity contribution in [2.45, 2.75) is 32.4 Å². The number of likely N-dealkylation sites (N-methyl/N-ethyl adjacent to an activating group) is 2. The van der Waals surface area contributed by atoms with Crippen molar-refractivity contribution < 1.29 is 4.79 Å². The fourth-order valence-electron chi connectivity index (χ4n) is 4.71. The molecule has 5 rings (SSSR count). The number of carbonyl (C=O) groups excluding carboxylic acids is 1. The second-order valence-corrected chi connectivity index (χ2v) is 9.14. The molecule has 3 aliphatic rings. The van der Waals surface area contributed by atoms with Gasteiger partial charge < -0.3 is 4.90 Å². The average Bonchev–Trinajstić information content (AvgIpc) is 3.31. The minimum atomic E-state index is 0.0402. The number of allylic oxidation sites excluding steroid dienone is 2. The summed E-state index contributed by atoms with van der Waals surface area (Å²) in [6, 6.07) is 17.1. The summed E-state index contributed by atoms with van der Waals surface area (Å²) >= 11 is 1.48. The minimum Gasteiger partial charge on any atom is -0.364 e. The molecule has 1 aliphatic carbocycles. The number of amidine groups is 1. The molecule has 2 aliphatic heterocycles. The van der Waals surface area contributed by atoms with Gasteiger partial charge in [-0.05, 0) is 60.5 Å². The van der Waals surface area contributed by atoms with Crippen LogP contribution in [0, 0.1) is 0 Å². The quantitative estimate of drug-likeness (QED) is 0.567. The molecular formula is C27H27N3OS. The Hall–Kier alpha value is -3.05. The van der Waals surface area contributed by atoms with Gasteiger partial charge in [-0.25, -0.2) is 0 Å². The molecule has 2 atom stereocenters. The Labute approximate surface area is 194 Å². The Morgan fingerprint density at radius 3 is 2.62 bits per heavy atom. The van der Waals surface area contributed by atoms with E-state index in [4.69, 9.17) is 4.99 Å². The maximum atomic E-state index is 13.1. The highest BCUT2D eigenvalue weighted by atomic mass is 32.2. The van der Waals surface area contributed by atoms with Crippen LogP contribution in [0.3, 0.4) is 0 Å². The minimum absolute atomic E-state index is 0.0402. The first-order chi connectivity index (χ1) is 15.7. The molecule has 0 spiro atoms. The molecule has 2 unspecified atom stereocenters. The monoisotopic (exact) mass is 441 g/mol. The van der Waals surface area contributed by atoms with Crippen molar-refractivity contribution in [2.24, 2.45) is 4.99 Å². The summed E-state index contributed by atoms with van der Waals surface area (Å²) in [4.78, 5) is 22.8. The fourth-order valence-corrected chi connectivity index (χ4v) is 5.75. The molecule has 32 heavy (non-hydrogen) atoms. The third-order valence-corrected chi connectivity index (χ3v) is 7.31. The van der Waals surface area contributed by atoms with Gasteiger partial charge in [0.1, 0.15) is 0 Å². The summed E-state index contributed by atoms with van der Waals surface area (Å²) in [6.07, 6.45) is 10.9. The summed E-state index contributed by atoms with van der Waals surface area (Å²) < 4.78 is 0. The van der Waals surface area contributed by atoms with E-state index in [0.29, 0.717) is 25.0 Å². The highest BCUT2D eigenvalue weighted by Crippen LogP contribution is 2.44. The first kappa shape index (κ1) is 20.8. The number of carbonyl (C=O) groups is 1. The van der Waals surface area contributed by atoms with Gasteiger partial charge in [-0.2, -0.15) is 0 Å². The highest BCUT2D eigenvalue weighted by molar-refractivity contribution is 8.18. The second-order valence-electron chi connectivity index (χ2n) is 8.13. The number of anilines is 1. The van der Waals surface area contributed by atoms with Crippen molar-refractivity contribution in [3.8, 4) is 0 Å². The van der Waals surface area contributed by atoms with Crippen LogP contribution in [0.25, 0.3) is 6.08 Å². The zero-order chi connectivity index (χ0) is 22.1. The lowest BCUT2D eigenvalue weighted by molar-refractivity contribution is -0.122. The van der Waals surface area contributed by atoms with Crippen molar-refractivity contribution in [1.29, 1.82) is 0 Å². The fraction of sp³-hybridized carbons (Fsp3) is 0.259. The maximum absolute atomic E-state index is 13.1. The number of benzene rings is 2. The molecular weight excluding hydrogens is 414 g/mol. The molecule has 2 aromatic rings. The van der Waals surface area contributed by atoms with Gasteiger partial charge in [0.25, 0.3) is 5.91 Å². The van der Waals surface area contributed by atoms with Gasteiger partial charge in [0, 0.05) is 24.7 Å². The van der Waals surface area contributed by atoms with Gasteiger partial charge >= 0.3 is 0 Å². The standard InChI is InChI=1S/C27H27N3OS/c1-3-29-23-13-9-8-12-21(23)22-16-20(14-15-24(22)29)17-25-26(31)30(4-2)27(32-25)28-18-19-10-6-5-7-11-19/h5-17,21,23H,3-4,18H2,1-2H3/b25-17+,28-27?. The van der Waals surface area contributed by atoms with E-state index in [0.717, 1.165) is 27.7 Å². The molecule has 2 heterocycles. The van der Waals surface area contributed by atoms with Crippen LogP contribution in [0.2, 0.25) is 0 Å². The summed E-state index contributed by atoms with van der Waals surface area (Å²) in [5.74, 6) is 0.411. The molecule has 0 N–H and O–H groups in total. The molecule has 0 radical (unpaired) electrons. The van der Waals surface area contributed by atoms with Crippen LogP contribution in [0.4, 0.5) is 5.69 Å². The van der Waals surface area contributed by atoms with E-state index >= 15 is 0 Å². The van der Waals surface area contributed by atoms with Gasteiger partial charge in [-0.1, -0.05) is 60.7 Å². The average molecular weight is 442 g/mol. The Balaban J connectivity index is 1.42. The second kappa shape index (κ2) is 8.83. The molecule has 0 saturated carbocycles. The molecule has 4 nitrogen and oxygen atoms in total. The SMILES string of the molecule is CCN1C(=O)/C(=C\c2ccc3c(c2)C2C=CC=CC2N3CC)SC1=NCc1ccccc1. The molecule has 1 amide bonds. The predicted octanol–water partition coefficient (Wildman–Crippen LogP) is 5.60. The van der Waals surface area contributed by atoms with Crippen LogP contribution >= 0.6 is 11.8 Å². The van der Waals surface area contributed by atoms with Crippen molar-refractivity contribution in [1.82, 2.24) is 4.90 Å². The van der Waals surface area contributed by atoms with E-state index in [1.807, 2.05) is 31.2 Å². The van der Waals surface area contributed by atoms with Crippen LogP contribution in [0.1, 0.15) is 36.5 Å². The van der Waals surface area contributed by atoms with Crippen molar-refractivity contribution in [3.05, 3.63) is 94.4 Å². The lowest BCUT2D eigenvalue weighted by Gasteiger charge is -2.27. The van der Waals surface area contributed by atoms with Crippen molar-refractivity contribution in [3.63, 3.8) is 0 Å². The molecule has 162 valence electrons. The van der Waals surface area contributed by atoms with Crippen LogP contribution in [0.15, 0.2) is 82.7 Å².